The van der Waals surface area contributed by atoms with Crippen LogP contribution >= 0.6 is 12.4 Å². The Kier molecular flexibility index (Phi) is 7.21. The van der Waals surface area contributed by atoms with Crippen molar-refractivity contribution in [1.82, 2.24) is 25.1 Å². The molecule has 24 heavy (non-hydrogen) atoms. The molecule has 0 aliphatic carbocycles. The fourth-order valence-electron chi connectivity index (χ4n) is 2.80. The number of hydrogen-bond donors (Lipinski definition) is 3. The third-order valence-corrected chi connectivity index (χ3v) is 5.91. The molecule has 8 nitrogen and oxygen atoms in total. The number of amides is 1. The molecule has 2 atom stereocenters. The SMILES string of the molecule is Cc1nn(C)c(C)c1S(=O)(=O)NC(C)C(=O)NCC1CCCN1.Cl. The summed E-state index contributed by atoms with van der Waals surface area (Å²) in [6, 6.07) is -0.578. The maximum atomic E-state index is 12.5. The van der Waals surface area contributed by atoms with Crippen LogP contribution in [0.5, 0.6) is 0 Å². The Bertz CT molecular complexity index is 683. The molecule has 1 saturated heterocycles. The van der Waals surface area contributed by atoms with Gasteiger partial charge in [-0.25, -0.2) is 8.42 Å². The zero-order chi connectivity index (χ0) is 17.2. The molecule has 1 aliphatic heterocycles. The topological polar surface area (TPSA) is 105 Å². The number of hydrogen-bond acceptors (Lipinski definition) is 5. The number of sulfonamides is 1. The van der Waals surface area contributed by atoms with Crippen molar-refractivity contribution in [3.8, 4) is 0 Å². The number of carbonyl (C=O) groups is 1. The highest BCUT2D eigenvalue weighted by molar-refractivity contribution is 7.89. The second-order valence-electron chi connectivity index (χ2n) is 6.00. The average Bonchev–Trinajstić information content (AvgIpc) is 3.04. The van der Waals surface area contributed by atoms with E-state index in [1.54, 1.807) is 20.9 Å². The third-order valence-electron chi connectivity index (χ3n) is 4.12. The van der Waals surface area contributed by atoms with E-state index >= 15 is 0 Å². The highest BCUT2D eigenvalue weighted by atomic mass is 35.5. The monoisotopic (exact) mass is 379 g/mol. The molecule has 0 radical (unpaired) electrons. The number of aryl methyl sites for hydroxylation is 2. The molecule has 138 valence electrons. The van der Waals surface area contributed by atoms with Gasteiger partial charge in [0.25, 0.3) is 0 Å². The first-order valence-electron chi connectivity index (χ1n) is 7.76. The summed E-state index contributed by atoms with van der Waals surface area (Å²) in [6.45, 7) is 6.33. The zero-order valence-electron chi connectivity index (χ0n) is 14.4. The number of nitrogens with one attached hydrogen (secondary N) is 3. The van der Waals surface area contributed by atoms with Crippen molar-refractivity contribution in [2.24, 2.45) is 7.05 Å². The zero-order valence-corrected chi connectivity index (χ0v) is 16.1. The number of carbonyl (C=O) groups excluding carboxylic acids is 1. The smallest absolute Gasteiger partial charge is 0.244 e. The first kappa shape index (κ1) is 20.9. The molecule has 0 spiro atoms. The fraction of sp³-hybridized carbons (Fsp3) is 0.714. The standard InChI is InChI=1S/C14H25N5O3S.ClH/c1-9-13(11(3)19(4)17-9)23(21,22)18-10(2)14(20)16-8-12-6-5-7-15-12;/h10,12,15,18H,5-8H2,1-4H3,(H,16,20);1H. The van der Waals surface area contributed by atoms with E-state index in [4.69, 9.17) is 0 Å². The summed E-state index contributed by atoms with van der Waals surface area (Å²) in [5.41, 5.74) is 0.957. The first-order chi connectivity index (χ1) is 10.7. The molecule has 2 rings (SSSR count). The Morgan fingerprint density at radius 2 is 2.12 bits per heavy atom. The minimum atomic E-state index is -3.79. The van der Waals surface area contributed by atoms with E-state index in [0.29, 0.717) is 17.9 Å². The Balaban J connectivity index is 0.00000288. The summed E-state index contributed by atoms with van der Waals surface area (Å²) in [5.74, 6) is -0.332. The van der Waals surface area contributed by atoms with Gasteiger partial charge in [-0.15, -0.1) is 12.4 Å². The van der Waals surface area contributed by atoms with Crippen molar-refractivity contribution >= 4 is 28.3 Å². The van der Waals surface area contributed by atoms with Gasteiger partial charge >= 0.3 is 0 Å². The number of rotatable bonds is 6. The van der Waals surface area contributed by atoms with Gasteiger partial charge in [-0.05, 0) is 40.2 Å². The lowest BCUT2D eigenvalue weighted by molar-refractivity contribution is -0.122. The predicted octanol–water partition coefficient (Wildman–Crippen LogP) is -0.00626. The highest BCUT2D eigenvalue weighted by Crippen LogP contribution is 2.18. The molecule has 1 aliphatic rings. The maximum absolute atomic E-state index is 12.5. The third kappa shape index (κ3) is 4.69. The summed E-state index contributed by atoms with van der Waals surface area (Å²) in [6.07, 6.45) is 2.12. The van der Waals surface area contributed by atoms with Crippen molar-refractivity contribution in [2.75, 3.05) is 13.1 Å². The van der Waals surface area contributed by atoms with Crippen molar-refractivity contribution in [3.05, 3.63) is 11.4 Å². The van der Waals surface area contributed by atoms with Gasteiger partial charge < -0.3 is 10.6 Å². The van der Waals surface area contributed by atoms with Gasteiger partial charge in [-0.2, -0.15) is 9.82 Å². The Hall–Kier alpha value is -1.16. The van der Waals surface area contributed by atoms with E-state index in [9.17, 15) is 13.2 Å². The lowest BCUT2D eigenvalue weighted by atomic mass is 10.2. The van der Waals surface area contributed by atoms with Crippen molar-refractivity contribution in [2.45, 2.75) is 50.6 Å². The van der Waals surface area contributed by atoms with E-state index in [1.165, 1.54) is 11.6 Å². The summed E-state index contributed by atoms with van der Waals surface area (Å²) < 4.78 is 29.0. The lowest BCUT2D eigenvalue weighted by Crippen LogP contribution is -2.47. The van der Waals surface area contributed by atoms with E-state index in [-0.39, 0.29) is 29.3 Å². The van der Waals surface area contributed by atoms with Crippen LogP contribution in [0.4, 0.5) is 0 Å². The molecule has 0 aromatic carbocycles. The highest BCUT2D eigenvalue weighted by Gasteiger charge is 2.28. The van der Waals surface area contributed by atoms with Crippen LogP contribution in [0, 0.1) is 13.8 Å². The molecule has 1 aromatic heterocycles. The molecule has 10 heteroatoms. The quantitative estimate of drug-likeness (QED) is 0.645. The maximum Gasteiger partial charge on any atom is 0.244 e. The normalized spacial score (nSPS) is 18.9. The van der Waals surface area contributed by atoms with Crippen LogP contribution in [0.2, 0.25) is 0 Å². The van der Waals surface area contributed by atoms with Crippen LogP contribution in [-0.4, -0.2) is 49.3 Å². The van der Waals surface area contributed by atoms with Gasteiger partial charge in [0.15, 0.2) is 0 Å². The molecule has 2 heterocycles. The van der Waals surface area contributed by atoms with E-state index < -0.39 is 16.1 Å². The molecular formula is C14H26ClN5O3S. The second kappa shape index (κ2) is 8.28. The first-order valence-corrected chi connectivity index (χ1v) is 9.24. The van der Waals surface area contributed by atoms with E-state index in [2.05, 4.69) is 20.5 Å². The minimum Gasteiger partial charge on any atom is -0.353 e. The van der Waals surface area contributed by atoms with E-state index in [0.717, 1.165) is 19.4 Å². The Morgan fingerprint density at radius 1 is 1.46 bits per heavy atom. The van der Waals surface area contributed by atoms with Gasteiger partial charge in [-0.1, -0.05) is 0 Å². The summed E-state index contributed by atoms with van der Waals surface area (Å²) in [5, 5.41) is 10.2. The van der Waals surface area contributed by atoms with Gasteiger partial charge in [0.05, 0.1) is 17.4 Å². The summed E-state index contributed by atoms with van der Waals surface area (Å²) in [4.78, 5) is 12.2. The number of aromatic nitrogens is 2. The minimum absolute atomic E-state index is 0. The lowest BCUT2D eigenvalue weighted by Gasteiger charge is -2.17. The molecule has 1 fully saturated rings. The second-order valence-corrected chi connectivity index (χ2v) is 7.66. The Labute approximate surface area is 149 Å². The van der Waals surface area contributed by atoms with Gasteiger partial charge in [-0.3, -0.25) is 9.48 Å². The predicted molar refractivity (Wildman–Crippen MR) is 93.7 cm³/mol. The van der Waals surface area contributed by atoms with Crippen molar-refractivity contribution in [3.63, 3.8) is 0 Å². The van der Waals surface area contributed by atoms with Crippen LogP contribution < -0.4 is 15.4 Å². The van der Waals surface area contributed by atoms with Crippen LogP contribution in [0.25, 0.3) is 0 Å². The number of nitrogens with zero attached hydrogens (tertiary/aromatic N) is 2. The summed E-state index contributed by atoms with van der Waals surface area (Å²) in [7, 11) is -2.11. The summed E-state index contributed by atoms with van der Waals surface area (Å²) >= 11 is 0. The average molecular weight is 380 g/mol. The van der Waals surface area contributed by atoms with Gasteiger partial charge in [0.1, 0.15) is 4.90 Å². The van der Waals surface area contributed by atoms with Crippen molar-refractivity contribution < 1.29 is 13.2 Å². The van der Waals surface area contributed by atoms with E-state index in [1.807, 2.05) is 0 Å². The Morgan fingerprint density at radius 3 is 2.62 bits per heavy atom. The largest absolute Gasteiger partial charge is 0.353 e. The van der Waals surface area contributed by atoms with Gasteiger partial charge in [0.2, 0.25) is 15.9 Å². The van der Waals surface area contributed by atoms with Crippen LogP contribution in [0.3, 0.4) is 0 Å². The van der Waals surface area contributed by atoms with Gasteiger partial charge in [0, 0.05) is 19.6 Å². The van der Waals surface area contributed by atoms with Crippen LogP contribution in [-0.2, 0) is 21.9 Å². The molecule has 1 aromatic rings. The molecular weight excluding hydrogens is 354 g/mol. The fourth-order valence-corrected chi connectivity index (χ4v) is 4.44. The van der Waals surface area contributed by atoms with Crippen molar-refractivity contribution in [1.29, 1.82) is 0 Å². The molecule has 2 unspecified atom stereocenters. The van der Waals surface area contributed by atoms with Crippen LogP contribution in [0.15, 0.2) is 4.90 Å². The number of halogens is 1. The molecule has 3 N–H and O–H groups in total. The van der Waals surface area contributed by atoms with Crippen LogP contribution in [0.1, 0.15) is 31.2 Å². The molecule has 0 bridgehead atoms. The molecule has 1 amide bonds. The molecule has 0 saturated carbocycles.